The van der Waals surface area contributed by atoms with Crippen LogP contribution in [0.5, 0.6) is 5.75 Å². The number of para-hydroxylation sites is 1. The second-order valence-electron chi connectivity index (χ2n) is 7.96. The van der Waals surface area contributed by atoms with Gasteiger partial charge in [0.25, 0.3) is 15.9 Å². The molecule has 31 heavy (non-hydrogen) atoms. The number of hydrogen-bond donors (Lipinski definition) is 1. The van der Waals surface area contributed by atoms with Gasteiger partial charge in [-0.05, 0) is 68.0 Å². The highest BCUT2D eigenvalue weighted by Crippen LogP contribution is 2.33. The molecule has 1 fully saturated rings. The van der Waals surface area contributed by atoms with Gasteiger partial charge in [0, 0.05) is 19.7 Å². The topological polar surface area (TPSA) is 84.9 Å². The van der Waals surface area contributed by atoms with Crippen LogP contribution in [-0.4, -0.2) is 46.7 Å². The number of hydrogen-bond acceptors (Lipinski definition) is 5. The zero-order valence-corrected chi connectivity index (χ0v) is 18.5. The second kappa shape index (κ2) is 9.28. The number of nitrogens with zero attached hydrogens (tertiary/aromatic N) is 1. The molecule has 2 aromatic carbocycles. The van der Waals surface area contributed by atoms with Crippen LogP contribution >= 0.6 is 0 Å². The number of carbonyl (C=O) groups is 1. The third-order valence-corrected chi connectivity index (χ3v) is 7.52. The summed E-state index contributed by atoms with van der Waals surface area (Å²) in [5, 5.41) is 2.81. The number of rotatable bonds is 7. The molecule has 2 aliphatic heterocycles. The molecule has 166 valence electrons. The third-order valence-electron chi connectivity index (χ3n) is 5.71. The molecule has 2 aromatic rings. The Hall–Kier alpha value is -2.58. The predicted molar refractivity (Wildman–Crippen MR) is 118 cm³/mol. The molecule has 2 aliphatic rings. The number of sulfonamides is 1. The van der Waals surface area contributed by atoms with Crippen LogP contribution in [0.1, 0.15) is 30.4 Å². The minimum absolute atomic E-state index is 0.0788. The van der Waals surface area contributed by atoms with Crippen LogP contribution in [0.4, 0.5) is 5.69 Å². The van der Waals surface area contributed by atoms with Crippen molar-refractivity contribution in [1.29, 1.82) is 0 Å². The molecule has 1 saturated heterocycles. The van der Waals surface area contributed by atoms with E-state index in [0.717, 1.165) is 43.5 Å². The minimum Gasteiger partial charge on any atom is -0.484 e. The van der Waals surface area contributed by atoms with Crippen molar-refractivity contribution < 1.29 is 22.7 Å². The molecule has 0 bridgehead atoms. The van der Waals surface area contributed by atoms with Crippen molar-refractivity contribution in [3.63, 3.8) is 0 Å². The average molecular weight is 445 g/mol. The highest BCUT2D eigenvalue weighted by Gasteiger charge is 2.29. The summed E-state index contributed by atoms with van der Waals surface area (Å²) in [7, 11) is -3.68. The number of fused-ring (bicyclic) bond motifs is 1. The third kappa shape index (κ3) is 4.85. The maximum absolute atomic E-state index is 13.3. The van der Waals surface area contributed by atoms with Crippen LogP contribution in [0, 0.1) is 6.92 Å². The monoisotopic (exact) mass is 444 g/mol. The summed E-state index contributed by atoms with van der Waals surface area (Å²) >= 11 is 0. The van der Waals surface area contributed by atoms with Gasteiger partial charge in [-0.25, -0.2) is 8.42 Å². The van der Waals surface area contributed by atoms with E-state index in [4.69, 9.17) is 9.47 Å². The number of nitrogens with one attached hydrogen (secondary N) is 1. The van der Waals surface area contributed by atoms with Crippen LogP contribution in [0.3, 0.4) is 0 Å². The maximum atomic E-state index is 13.3. The first kappa shape index (κ1) is 21.6. The van der Waals surface area contributed by atoms with Crippen LogP contribution in [0.2, 0.25) is 0 Å². The predicted octanol–water partition coefficient (Wildman–Crippen LogP) is 2.81. The Morgan fingerprint density at radius 1 is 1.23 bits per heavy atom. The molecule has 0 spiro atoms. The number of benzene rings is 2. The van der Waals surface area contributed by atoms with Crippen molar-refractivity contribution in [2.75, 3.05) is 30.6 Å². The SMILES string of the molecule is Cc1cc(S(=O)(=O)N2CCCc3ccccc32)ccc1OCC(=O)NC[C@@H]1CCCO1. The van der Waals surface area contributed by atoms with Crippen molar-refractivity contribution in [3.8, 4) is 5.75 Å². The maximum Gasteiger partial charge on any atom is 0.264 e. The fourth-order valence-corrected chi connectivity index (χ4v) is 5.67. The number of ether oxygens (including phenoxy) is 2. The van der Waals surface area contributed by atoms with Crippen LogP contribution in [-0.2, 0) is 26.0 Å². The first-order valence-corrected chi connectivity index (χ1v) is 12.1. The Kier molecular flexibility index (Phi) is 6.48. The van der Waals surface area contributed by atoms with E-state index in [1.54, 1.807) is 25.1 Å². The summed E-state index contributed by atoms with van der Waals surface area (Å²) in [5.74, 6) is 0.266. The minimum atomic E-state index is -3.68. The van der Waals surface area contributed by atoms with Crippen molar-refractivity contribution in [2.24, 2.45) is 0 Å². The fourth-order valence-electron chi connectivity index (χ4n) is 4.05. The van der Waals surface area contributed by atoms with E-state index in [-0.39, 0.29) is 23.5 Å². The molecule has 1 N–H and O–H groups in total. The largest absolute Gasteiger partial charge is 0.484 e. The van der Waals surface area contributed by atoms with Gasteiger partial charge in [0.1, 0.15) is 5.75 Å². The average Bonchev–Trinajstić information content (AvgIpc) is 3.30. The van der Waals surface area contributed by atoms with Crippen molar-refractivity contribution in [3.05, 3.63) is 53.6 Å². The van der Waals surface area contributed by atoms with Crippen molar-refractivity contribution in [1.82, 2.24) is 5.32 Å². The van der Waals surface area contributed by atoms with E-state index >= 15 is 0 Å². The standard InChI is InChI=1S/C23H28N2O5S/c1-17-14-20(31(27,28)25-12-4-7-18-6-2-3-9-21(18)25)10-11-22(17)30-16-23(26)24-15-19-8-5-13-29-19/h2-3,6,9-11,14,19H,4-5,7-8,12-13,15-16H2,1H3,(H,24,26)/t19-/m0/s1. The molecule has 2 heterocycles. The number of anilines is 1. The molecule has 8 heteroatoms. The lowest BCUT2D eigenvalue weighted by Crippen LogP contribution is -2.35. The van der Waals surface area contributed by atoms with Crippen molar-refractivity contribution in [2.45, 2.75) is 43.6 Å². The van der Waals surface area contributed by atoms with Gasteiger partial charge in [-0.15, -0.1) is 0 Å². The molecule has 0 radical (unpaired) electrons. The highest BCUT2D eigenvalue weighted by atomic mass is 32.2. The fraction of sp³-hybridized carbons (Fsp3) is 0.435. The zero-order chi connectivity index (χ0) is 21.8. The van der Waals surface area contributed by atoms with E-state index in [1.165, 1.54) is 4.31 Å². The normalized spacial score (nSPS) is 18.5. The van der Waals surface area contributed by atoms with Gasteiger partial charge in [-0.1, -0.05) is 18.2 Å². The summed E-state index contributed by atoms with van der Waals surface area (Å²) in [5.41, 5.74) is 2.45. The Morgan fingerprint density at radius 2 is 2.06 bits per heavy atom. The second-order valence-corrected chi connectivity index (χ2v) is 9.83. The summed E-state index contributed by atoms with van der Waals surface area (Å²) in [6.07, 6.45) is 3.72. The molecule has 0 aromatic heterocycles. The summed E-state index contributed by atoms with van der Waals surface area (Å²) in [6, 6.07) is 12.4. The van der Waals surface area contributed by atoms with Gasteiger partial charge >= 0.3 is 0 Å². The number of amides is 1. The summed E-state index contributed by atoms with van der Waals surface area (Å²) < 4.78 is 39.2. The Balaban J connectivity index is 1.42. The van der Waals surface area contributed by atoms with Crippen LogP contribution in [0.15, 0.2) is 47.4 Å². The molecule has 4 rings (SSSR count). The molecule has 1 atom stereocenters. The molecule has 0 unspecified atom stereocenters. The molecule has 0 saturated carbocycles. The van der Waals surface area contributed by atoms with E-state index < -0.39 is 10.0 Å². The molecule has 0 aliphatic carbocycles. The lowest BCUT2D eigenvalue weighted by atomic mass is 10.0. The van der Waals surface area contributed by atoms with E-state index in [2.05, 4.69) is 5.32 Å². The van der Waals surface area contributed by atoms with Gasteiger partial charge in [0.15, 0.2) is 6.61 Å². The Bertz CT molecular complexity index is 1050. The lowest BCUT2D eigenvalue weighted by Gasteiger charge is -2.30. The van der Waals surface area contributed by atoms with E-state index in [1.807, 2.05) is 24.3 Å². The molecular formula is C23H28N2O5S. The molecular weight excluding hydrogens is 416 g/mol. The lowest BCUT2D eigenvalue weighted by molar-refractivity contribution is -0.123. The number of aryl methyl sites for hydroxylation is 2. The highest BCUT2D eigenvalue weighted by molar-refractivity contribution is 7.92. The van der Waals surface area contributed by atoms with Gasteiger partial charge < -0.3 is 14.8 Å². The zero-order valence-electron chi connectivity index (χ0n) is 17.7. The first-order chi connectivity index (χ1) is 14.9. The summed E-state index contributed by atoms with van der Waals surface area (Å²) in [6.45, 7) is 3.34. The number of carbonyl (C=O) groups excluding carboxylic acids is 1. The Morgan fingerprint density at radius 3 is 2.84 bits per heavy atom. The quantitative estimate of drug-likeness (QED) is 0.710. The first-order valence-electron chi connectivity index (χ1n) is 10.7. The van der Waals surface area contributed by atoms with Gasteiger partial charge in [0.05, 0.1) is 16.7 Å². The van der Waals surface area contributed by atoms with Gasteiger partial charge in [0.2, 0.25) is 0 Å². The van der Waals surface area contributed by atoms with Crippen LogP contribution in [0.25, 0.3) is 0 Å². The van der Waals surface area contributed by atoms with Crippen LogP contribution < -0.4 is 14.4 Å². The van der Waals surface area contributed by atoms with E-state index in [9.17, 15) is 13.2 Å². The molecule has 1 amide bonds. The van der Waals surface area contributed by atoms with Gasteiger partial charge in [-0.3, -0.25) is 9.10 Å². The van der Waals surface area contributed by atoms with Crippen molar-refractivity contribution >= 4 is 21.6 Å². The molecule has 7 nitrogen and oxygen atoms in total. The van der Waals surface area contributed by atoms with Gasteiger partial charge in [-0.2, -0.15) is 0 Å². The smallest absolute Gasteiger partial charge is 0.264 e. The van der Waals surface area contributed by atoms with E-state index in [0.29, 0.717) is 24.4 Å². The Labute approximate surface area is 183 Å². The summed E-state index contributed by atoms with van der Waals surface area (Å²) in [4.78, 5) is 12.3.